The first-order chi connectivity index (χ1) is 15.7. The molecule has 0 fully saturated rings. The molecule has 4 aromatic rings. The van der Waals surface area contributed by atoms with Crippen molar-refractivity contribution in [1.29, 1.82) is 0 Å². The Hall–Kier alpha value is -3.30. The summed E-state index contributed by atoms with van der Waals surface area (Å²) in [5.41, 5.74) is 3.78. The molecule has 2 heterocycles. The molecule has 0 atom stereocenters. The van der Waals surface area contributed by atoms with E-state index in [-0.39, 0.29) is 17.2 Å². The fourth-order valence-corrected chi connectivity index (χ4v) is 4.78. The summed E-state index contributed by atoms with van der Waals surface area (Å²) in [5, 5.41) is 3.94. The second-order valence-electron chi connectivity index (χ2n) is 8.09. The Morgan fingerprint density at radius 2 is 1.88 bits per heavy atom. The van der Waals surface area contributed by atoms with Crippen LogP contribution in [0, 0.1) is 6.92 Å². The van der Waals surface area contributed by atoms with Crippen molar-refractivity contribution >= 4 is 43.6 Å². The van der Waals surface area contributed by atoms with Gasteiger partial charge in [0.1, 0.15) is 5.82 Å². The van der Waals surface area contributed by atoms with Crippen LogP contribution in [0.2, 0.25) is 0 Å². The number of carbonyl (C=O) groups excluding carboxylic acids is 1. The van der Waals surface area contributed by atoms with E-state index in [4.69, 9.17) is 0 Å². The number of benzene rings is 2. The molecule has 0 aliphatic rings. The molecule has 4 rings (SSSR count). The molecule has 0 unspecified atom stereocenters. The van der Waals surface area contributed by atoms with Gasteiger partial charge in [-0.25, -0.2) is 17.7 Å². The van der Waals surface area contributed by atoms with Gasteiger partial charge in [-0.15, -0.1) is 0 Å². The van der Waals surface area contributed by atoms with Gasteiger partial charge in [0.05, 0.1) is 27.1 Å². The van der Waals surface area contributed by atoms with Crippen molar-refractivity contribution in [3.05, 3.63) is 60.0 Å². The van der Waals surface area contributed by atoms with Crippen molar-refractivity contribution in [2.75, 3.05) is 19.4 Å². The first-order valence-corrected chi connectivity index (χ1v) is 12.2. The third-order valence-electron chi connectivity index (χ3n) is 5.60. The van der Waals surface area contributed by atoms with Crippen molar-refractivity contribution in [2.45, 2.75) is 38.1 Å². The fraction of sp³-hybridized carbons (Fsp3) is 0.292. The van der Waals surface area contributed by atoms with Gasteiger partial charge in [0.2, 0.25) is 15.9 Å². The molecule has 0 saturated carbocycles. The second kappa shape index (κ2) is 8.92. The van der Waals surface area contributed by atoms with Gasteiger partial charge in [-0.2, -0.15) is 0 Å². The summed E-state index contributed by atoms with van der Waals surface area (Å²) in [5.74, 6) is 0.616. The molecule has 0 saturated heterocycles. The average molecular weight is 466 g/mol. The number of sulfonamides is 1. The van der Waals surface area contributed by atoms with Crippen LogP contribution < -0.4 is 5.32 Å². The average Bonchev–Trinajstić information content (AvgIpc) is 3.14. The van der Waals surface area contributed by atoms with Crippen LogP contribution in [0.1, 0.15) is 24.9 Å². The van der Waals surface area contributed by atoms with E-state index in [1.807, 2.05) is 48.7 Å². The van der Waals surface area contributed by atoms with Gasteiger partial charge < -0.3 is 9.88 Å². The van der Waals surface area contributed by atoms with Gasteiger partial charge in [0.15, 0.2) is 0 Å². The third kappa shape index (κ3) is 4.46. The molecule has 0 spiro atoms. The Kier molecular flexibility index (Phi) is 6.18. The number of nitrogens with one attached hydrogen (secondary N) is 1. The summed E-state index contributed by atoms with van der Waals surface area (Å²) in [7, 11) is -0.544. The summed E-state index contributed by atoms with van der Waals surface area (Å²) in [4.78, 5) is 22.1. The van der Waals surface area contributed by atoms with Crippen LogP contribution in [-0.2, 0) is 27.8 Å². The van der Waals surface area contributed by atoms with Gasteiger partial charge in [-0.3, -0.25) is 9.78 Å². The molecule has 0 bridgehead atoms. The normalized spacial score (nSPS) is 12.0. The fourth-order valence-electron chi connectivity index (χ4n) is 3.86. The smallest absolute Gasteiger partial charge is 0.242 e. The lowest BCUT2D eigenvalue weighted by Gasteiger charge is -2.11. The molecule has 8 nitrogen and oxygen atoms in total. The highest BCUT2D eigenvalue weighted by molar-refractivity contribution is 7.89. The van der Waals surface area contributed by atoms with Crippen LogP contribution in [0.3, 0.4) is 0 Å². The highest BCUT2D eigenvalue weighted by Gasteiger charge is 2.20. The molecule has 172 valence electrons. The number of rotatable bonds is 7. The van der Waals surface area contributed by atoms with Gasteiger partial charge in [0.25, 0.3) is 0 Å². The van der Waals surface area contributed by atoms with E-state index in [9.17, 15) is 13.2 Å². The molecule has 33 heavy (non-hydrogen) atoms. The number of hydrogen-bond donors (Lipinski definition) is 1. The van der Waals surface area contributed by atoms with Gasteiger partial charge >= 0.3 is 0 Å². The summed E-state index contributed by atoms with van der Waals surface area (Å²) < 4.78 is 28.1. The summed E-state index contributed by atoms with van der Waals surface area (Å²) >= 11 is 0. The highest BCUT2D eigenvalue weighted by Crippen LogP contribution is 2.24. The van der Waals surface area contributed by atoms with E-state index in [1.165, 1.54) is 18.4 Å². The maximum Gasteiger partial charge on any atom is 0.242 e. The Bertz CT molecular complexity index is 1460. The van der Waals surface area contributed by atoms with Crippen molar-refractivity contribution in [1.82, 2.24) is 18.8 Å². The first kappa shape index (κ1) is 22.9. The van der Waals surface area contributed by atoms with Gasteiger partial charge in [-0.1, -0.05) is 18.2 Å². The number of pyridine rings is 1. The maximum absolute atomic E-state index is 12.7. The van der Waals surface area contributed by atoms with Crippen LogP contribution in [-0.4, -0.2) is 47.3 Å². The van der Waals surface area contributed by atoms with Crippen molar-refractivity contribution < 1.29 is 13.2 Å². The van der Waals surface area contributed by atoms with E-state index < -0.39 is 10.0 Å². The minimum Gasteiger partial charge on any atom is -0.328 e. The van der Waals surface area contributed by atoms with Crippen molar-refractivity contribution in [2.24, 2.45) is 0 Å². The van der Waals surface area contributed by atoms with Crippen LogP contribution in [0.25, 0.3) is 21.9 Å². The minimum absolute atomic E-state index is 0.128. The number of aryl methyl sites for hydroxylation is 3. The molecule has 0 aliphatic heterocycles. The van der Waals surface area contributed by atoms with Gasteiger partial charge in [-0.05, 0) is 44.2 Å². The number of amides is 1. The first-order valence-electron chi connectivity index (χ1n) is 10.8. The summed E-state index contributed by atoms with van der Waals surface area (Å²) in [6, 6.07) is 14.6. The molecule has 2 aromatic carbocycles. The number of imidazole rings is 1. The van der Waals surface area contributed by atoms with E-state index in [1.54, 1.807) is 18.2 Å². The van der Waals surface area contributed by atoms with Crippen LogP contribution in [0.4, 0.5) is 5.69 Å². The van der Waals surface area contributed by atoms with E-state index in [0.717, 1.165) is 27.9 Å². The Labute approximate surface area is 193 Å². The number of aromatic nitrogens is 3. The van der Waals surface area contributed by atoms with Crippen LogP contribution in [0.15, 0.2) is 53.4 Å². The number of anilines is 1. The van der Waals surface area contributed by atoms with E-state index >= 15 is 0 Å². The number of fused-ring (bicyclic) bond motifs is 2. The van der Waals surface area contributed by atoms with Gasteiger partial charge in [0, 0.05) is 44.6 Å². The second-order valence-corrected chi connectivity index (χ2v) is 10.2. The van der Waals surface area contributed by atoms with Crippen molar-refractivity contribution in [3.8, 4) is 0 Å². The monoisotopic (exact) mass is 465 g/mol. The lowest BCUT2D eigenvalue weighted by atomic mass is 10.1. The number of para-hydroxylation sites is 1. The van der Waals surface area contributed by atoms with E-state index in [0.29, 0.717) is 24.2 Å². The van der Waals surface area contributed by atoms with E-state index in [2.05, 4.69) is 15.3 Å². The standard InChI is InChI=1S/C24H27N5O3S/c1-5-29-21-12-11-18(33(31,32)28(3)4)15-20(21)26-22(29)13-14-23(30)27-19-8-6-7-17-10-9-16(2)25-24(17)19/h6-12,15H,5,13-14H2,1-4H3,(H,27,30). The zero-order valence-corrected chi connectivity index (χ0v) is 20.0. The lowest BCUT2D eigenvalue weighted by molar-refractivity contribution is -0.116. The molecule has 2 aromatic heterocycles. The maximum atomic E-state index is 12.7. The predicted octanol–water partition coefficient (Wildman–Crippen LogP) is 3.73. The summed E-state index contributed by atoms with van der Waals surface area (Å²) in [6.07, 6.45) is 0.676. The Morgan fingerprint density at radius 1 is 1.09 bits per heavy atom. The van der Waals surface area contributed by atoms with Crippen LogP contribution in [0.5, 0.6) is 0 Å². The molecular weight excluding hydrogens is 438 g/mol. The lowest BCUT2D eigenvalue weighted by Crippen LogP contribution is -2.22. The SMILES string of the molecule is CCn1c(CCC(=O)Nc2cccc3ccc(C)nc23)nc2cc(S(=O)(=O)N(C)C)ccc21. The number of nitrogens with zero attached hydrogens (tertiary/aromatic N) is 4. The zero-order chi connectivity index (χ0) is 23.8. The number of carbonyl (C=O) groups is 1. The molecule has 0 aliphatic carbocycles. The molecular formula is C24H27N5O3S. The molecule has 9 heteroatoms. The number of hydrogen-bond acceptors (Lipinski definition) is 5. The molecule has 1 amide bonds. The zero-order valence-electron chi connectivity index (χ0n) is 19.2. The molecule has 1 N–H and O–H groups in total. The largest absolute Gasteiger partial charge is 0.328 e. The third-order valence-corrected chi connectivity index (χ3v) is 7.41. The Balaban J connectivity index is 1.55. The summed E-state index contributed by atoms with van der Waals surface area (Å²) in [6.45, 7) is 4.58. The quantitative estimate of drug-likeness (QED) is 0.449. The van der Waals surface area contributed by atoms with Crippen molar-refractivity contribution in [3.63, 3.8) is 0 Å². The molecule has 0 radical (unpaired) electrons. The highest BCUT2D eigenvalue weighted by atomic mass is 32.2. The topological polar surface area (TPSA) is 97.2 Å². The predicted molar refractivity (Wildman–Crippen MR) is 130 cm³/mol. The Morgan fingerprint density at radius 3 is 2.61 bits per heavy atom. The minimum atomic E-state index is -3.55. The van der Waals surface area contributed by atoms with Crippen LogP contribution >= 0.6 is 0 Å².